The average molecular weight is 304 g/mol. The van der Waals surface area contributed by atoms with E-state index in [4.69, 9.17) is 16.3 Å². The maximum absolute atomic E-state index is 6.11. The predicted octanol–water partition coefficient (Wildman–Crippen LogP) is 4.81. The van der Waals surface area contributed by atoms with Crippen molar-refractivity contribution < 1.29 is 4.74 Å². The molecule has 0 radical (unpaired) electrons. The zero-order chi connectivity index (χ0) is 11.4. The summed E-state index contributed by atoms with van der Waals surface area (Å²) in [4.78, 5) is 0. The van der Waals surface area contributed by atoms with Crippen LogP contribution in [0.1, 0.15) is 31.2 Å². The van der Waals surface area contributed by atoms with Crippen molar-refractivity contribution in [1.29, 1.82) is 0 Å². The first-order chi connectivity index (χ1) is 7.75. The third-order valence-electron chi connectivity index (χ3n) is 3.10. The second-order valence-electron chi connectivity index (χ2n) is 4.40. The van der Waals surface area contributed by atoms with E-state index in [0.717, 1.165) is 27.6 Å². The van der Waals surface area contributed by atoms with Crippen LogP contribution in [0, 0.1) is 5.92 Å². The standard InChI is InChI=1S/C13H16BrClO/c14-12-6-5-11(13(15)7-12)9-16-8-10-3-1-2-4-10/h5-7,10H,1-4,8-9H2. The summed E-state index contributed by atoms with van der Waals surface area (Å²) in [6, 6.07) is 5.93. The van der Waals surface area contributed by atoms with Crippen molar-refractivity contribution in [3.8, 4) is 0 Å². The molecular formula is C13H16BrClO. The maximum atomic E-state index is 6.11. The van der Waals surface area contributed by atoms with Crippen LogP contribution in [0.5, 0.6) is 0 Å². The highest BCUT2D eigenvalue weighted by molar-refractivity contribution is 9.10. The molecule has 1 aromatic carbocycles. The number of hydrogen-bond acceptors (Lipinski definition) is 1. The molecule has 88 valence electrons. The third kappa shape index (κ3) is 3.47. The Morgan fingerprint density at radius 1 is 1.31 bits per heavy atom. The van der Waals surface area contributed by atoms with E-state index >= 15 is 0 Å². The molecule has 0 saturated heterocycles. The lowest BCUT2D eigenvalue weighted by Crippen LogP contribution is -2.05. The van der Waals surface area contributed by atoms with E-state index in [0.29, 0.717) is 6.61 Å². The van der Waals surface area contributed by atoms with Crippen molar-refractivity contribution in [3.63, 3.8) is 0 Å². The lowest BCUT2D eigenvalue weighted by atomic mass is 10.1. The van der Waals surface area contributed by atoms with Crippen LogP contribution >= 0.6 is 27.5 Å². The second-order valence-corrected chi connectivity index (χ2v) is 5.72. The Bertz CT molecular complexity index is 348. The molecule has 1 aliphatic carbocycles. The van der Waals surface area contributed by atoms with Gasteiger partial charge in [0.1, 0.15) is 0 Å². The van der Waals surface area contributed by atoms with Crippen LogP contribution in [0.2, 0.25) is 5.02 Å². The second kappa shape index (κ2) is 6.04. The Labute approximate surface area is 110 Å². The summed E-state index contributed by atoms with van der Waals surface area (Å²) in [6.45, 7) is 1.51. The molecule has 0 spiro atoms. The molecule has 16 heavy (non-hydrogen) atoms. The largest absolute Gasteiger partial charge is 0.376 e. The molecule has 0 atom stereocenters. The number of ether oxygens (including phenoxy) is 1. The zero-order valence-corrected chi connectivity index (χ0v) is 11.6. The summed E-state index contributed by atoms with van der Waals surface area (Å²) >= 11 is 9.51. The SMILES string of the molecule is Clc1cc(Br)ccc1COCC1CCCC1. The molecule has 0 N–H and O–H groups in total. The molecule has 0 aliphatic heterocycles. The highest BCUT2D eigenvalue weighted by atomic mass is 79.9. The van der Waals surface area contributed by atoms with Gasteiger partial charge in [0.25, 0.3) is 0 Å². The minimum atomic E-state index is 0.628. The molecule has 0 amide bonds. The molecule has 1 saturated carbocycles. The fourth-order valence-electron chi connectivity index (χ4n) is 2.15. The monoisotopic (exact) mass is 302 g/mol. The molecule has 1 aliphatic rings. The first-order valence-electron chi connectivity index (χ1n) is 5.77. The minimum absolute atomic E-state index is 0.628. The molecule has 0 heterocycles. The quantitative estimate of drug-likeness (QED) is 0.775. The van der Waals surface area contributed by atoms with E-state index in [1.54, 1.807) is 0 Å². The van der Waals surface area contributed by atoms with Crippen LogP contribution in [0.3, 0.4) is 0 Å². The van der Waals surface area contributed by atoms with Crippen molar-refractivity contribution >= 4 is 27.5 Å². The van der Waals surface area contributed by atoms with Gasteiger partial charge in [0.05, 0.1) is 6.61 Å². The minimum Gasteiger partial charge on any atom is -0.376 e. The van der Waals surface area contributed by atoms with Gasteiger partial charge < -0.3 is 4.74 Å². The first-order valence-corrected chi connectivity index (χ1v) is 6.94. The summed E-state index contributed by atoms with van der Waals surface area (Å²) < 4.78 is 6.74. The van der Waals surface area contributed by atoms with Gasteiger partial charge in [-0.3, -0.25) is 0 Å². The highest BCUT2D eigenvalue weighted by Crippen LogP contribution is 2.26. The summed E-state index contributed by atoms with van der Waals surface area (Å²) in [5, 5.41) is 0.779. The lowest BCUT2D eigenvalue weighted by molar-refractivity contribution is 0.0889. The molecule has 0 aromatic heterocycles. The topological polar surface area (TPSA) is 9.23 Å². The zero-order valence-electron chi connectivity index (χ0n) is 9.22. The highest BCUT2D eigenvalue weighted by Gasteiger charge is 2.14. The van der Waals surface area contributed by atoms with Gasteiger partial charge in [0, 0.05) is 16.1 Å². The van der Waals surface area contributed by atoms with Crippen LogP contribution in [0.15, 0.2) is 22.7 Å². The summed E-state index contributed by atoms with van der Waals surface area (Å²) in [5.41, 5.74) is 1.07. The van der Waals surface area contributed by atoms with Gasteiger partial charge in [-0.15, -0.1) is 0 Å². The molecule has 1 fully saturated rings. The van der Waals surface area contributed by atoms with Crippen LogP contribution in [0.25, 0.3) is 0 Å². The smallest absolute Gasteiger partial charge is 0.0731 e. The Kier molecular flexibility index (Phi) is 4.68. The van der Waals surface area contributed by atoms with Crippen LogP contribution in [-0.2, 0) is 11.3 Å². The average Bonchev–Trinajstić information content (AvgIpc) is 2.74. The van der Waals surface area contributed by atoms with Gasteiger partial charge in [-0.1, -0.05) is 46.4 Å². The van der Waals surface area contributed by atoms with Crippen LogP contribution in [0.4, 0.5) is 0 Å². The van der Waals surface area contributed by atoms with Crippen molar-refractivity contribution in [2.75, 3.05) is 6.61 Å². The summed E-state index contributed by atoms with van der Waals surface area (Å²) in [7, 11) is 0. The fourth-order valence-corrected chi connectivity index (χ4v) is 2.88. The molecule has 3 heteroatoms. The van der Waals surface area contributed by atoms with Gasteiger partial charge in [0.2, 0.25) is 0 Å². The van der Waals surface area contributed by atoms with Crippen molar-refractivity contribution in [1.82, 2.24) is 0 Å². The van der Waals surface area contributed by atoms with Gasteiger partial charge in [-0.25, -0.2) is 0 Å². The Morgan fingerprint density at radius 2 is 2.06 bits per heavy atom. The molecule has 1 nitrogen and oxygen atoms in total. The first kappa shape index (κ1) is 12.4. The van der Waals surface area contributed by atoms with Gasteiger partial charge in [-0.05, 0) is 36.5 Å². The van der Waals surface area contributed by atoms with Crippen molar-refractivity contribution in [2.24, 2.45) is 5.92 Å². The molecular weight excluding hydrogens is 287 g/mol. The van der Waals surface area contributed by atoms with Crippen LogP contribution in [-0.4, -0.2) is 6.61 Å². The molecule has 0 unspecified atom stereocenters. The molecule has 2 rings (SSSR count). The number of rotatable bonds is 4. The van der Waals surface area contributed by atoms with Crippen LogP contribution < -0.4 is 0 Å². The lowest BCUT2D eigenvalue weighted by Gasteiger charge is -2.10. The fraction of sp³-hybridized carbons (Fsp3) is 0.538. The van der Waals surface area contributed by atoms with Crippen molar-refractivity contribution in [2.45, 2.75) is 32.3 Å². The Balaban J connectivity index is 1.80. The van der Waals surface area contributed by atoms with Gasteiger partial charge in [-0.2, -0.15) is 0 Å². The number of benzene rings is 1. The van der Waals surface area contributed by atoms with E-state index in [1.807, 2.05) is 18.2 Å². The van der Waals surface area contributed by atoms with E-state index in [9.17, 15) is 0 Å². The number of hydrogen-bond donors (Lipinski definition) is 0. The Hall–Kier alpha value is -0.0500. The van der Waals surface area contributed by atoms with Gasteiger partial charge >= 0.3 is 0 Å². The Morgan fingerprint density at radius 3 is 2.75 bits per heavy atom. The number of halogens is 2. The predicted molar refractivity (Wildman–Crippen MR) is 70.8 cm³/mol. The molecule has 0 bridgehead atoms. The van der Waals surface area contributed by atoms with E-state index in [-0.39, 0.29) is 0 Å². The van der Waals surface area contributed by atoms with E-state index in [1.165, 1.54) is 25.7 Å². The van der Waals surface area contributed by atoms with Gasteiger partial charge in [0.15, 0.2) is 0 Å². The maximum Gasteiger partial charge on any atom is 0.0731 e. The van der Waals surface area contributed by atoms with E-state index < -0.39 is 0 Å². The summed E-state index contributed by atoms with van der Waals surface area (Å²) in [5.74, 6) is 0.772. The van der Waals surface area contributed by atoms with E-state index in [2.05, 4.69) is 15.9 Å². The summed E-state index contributed by atoms with van der Waals surface area (Å²) in [6.07, 6.45) is 5.39. The van der Waals surface area contributed by atoms with Crippen molar-refractivity contribution in [3.05, 3.63) is 33.3 Å². The third-order valence-corrected chi connectivity index (χ3v) is 3.95. The normalized spacial score (nSPS) is 16.9. The molecule has 1 aromatic rings.